The monoisotopic (exact) mass is 300 g/mol. The molecule has 0 aromatic carbocycles. The minimum Gasteiger partial charge on any atom is -0.353 e. The molecule has 3 aliphatic rings. The van der Waals surface area contributed by atoms with Crippen molar-refractivity contribution in [3.63, 3.8) is 0 Å². The lowest BCUT2D eigenvalue weighted by molar-refractivity contribution is -0.124. The van der Waals surface area contributed by atoms with Gasteiger partial charge in [-0.15, -0.1) is 0 Å². The Labute approximate surface area is 129 Å². The van der Waals surface area contributed by atoms with Crippen molar-refractivity contribution in [3.05, 3.63) is 24.0 Å². The molecule has 6 heteroatoms. The van der Waals surface area contributed by atoms with E-state index in [1.54, 1.807) is 6.07 Å². The van der Waals surface area contributed by atoms with Crippen molar-refractivity contribution in [2.45, 2.75) is 38.1 Å². The van der Waals surface area contributed by atoms with E-state index in [1.165, 1.54) is 18.8 Å². The molecule has 1 N–H and O–H groups in total. The van der Waals surface area contributed by atoms with Gasteiger partial charge < -0.3 is 10.2 Å². The highest BCUT2D eigenvalue weighted by atomic mass is 16.2. The van der Waals surface area contributed by atoms with E-state index in [0.717, 1.165) is 32.2 Å². The number of carbonyl (C=O) groups is 2. The van der Waals surface area contributed by atoms with Gasteiger partial charge in [-0.05, 0) is 38.2 Å². The number of nitrogens with one attached hydrogen (secondary N) is 1. The highest BCUT2D eigenvalue weighted by molar-refractivity contribution is 5.94. The van der Waals surface area contributed by atoms with E-state index in [-0.39, 0.29) is 23.1 Å². The predicted molar refractivity (Wildman–Crippen MR) is 78.9 cm³/mol. The van der Waals surface area contributed by atoms with Crippen LogP contribution in [0.3, 0.4) is 0 Å². The van der Waals surface area contributed by atoms with Gasteiger partial charge in [0.2, 0.25) is 5.91 Å². The Hall–Kier alpha value is -1.98. The molecule has 3 fully saturated rings. The summed E-state index contributed by atoms with van der Waals surface area (Å²) in [6.45, 7) is 1.42. The first kappa shape index (κ1) is 13.7. The summed E-state index contributed by atoms with van der Waals surface area (Å²) in [7, 11) is 0. The van der Waals surface area contributed by atoms with E-state index < -0.39 is 0 Å². The lowest BCUT2D eigenvalue weighted by atomic mass is 9.92. The predicted octanol–water partition coefficient (Wildman–Crippen LogP) is 0.997. The van der Waals surface area contributed by atoms with Crippen LogP contribution >= 0.6 is 0 Å². The Kier molecular flexibility index (Phi) is 3.13. The average molecular weight is 300 g/mol. The summed E-state index contributed by atoms with van der Waals surface area (Å²) in [5, 5.41) is 10.6. The molecule has 2 heterocycles. The van der Waals surface area contributed by atoms with Crippen LogP contribution in [0.4, 0.5) is 0 Å². The van der Waals surface area contributed by atoms with Crippen LogP contribution in [0.5, 0.6) is 0 Å². The van der Waals surface area contributed by atoms with E-state index >= 15 is 0 Å². The number of hydrogen-bond acceptors (Lipinski definition) is 4. The first-order valence-corrected chi connectivity index (χ1v) is 8.04. The molecule has 1 aromatic rings. The van der Waals surface area contributed by atoms with Gasteiger partial charge in [-0.1, -0.05) is 0 Å². The summed E-state index contributed by atoms with van der Waals surface area (Å²) >= 11 is 0. The molecule has 1 spiro atoms. The maximum Gasteiger partial charge on any atom is 0.255 e. The van der Waals surface area contributed by atoms with Crippen LogP contribution in [0.15, 0.2) is 18.5 Å². The molecular formula is C16H20N4O2. The minimum absolute atomic E-state index is 0.00294. The molecule has 4 rings (SSSR count). The van der Waals surface area contributed by atoms with E-state index in [2.05, 4.69) is 15.5 Å². The zero-order chi connectivity index (χ0) is 15.2. The Morgan fingerprint density at radius 1 is 1.32 bits per heavy atom. The maximum atomic E-state index is 12.4. The largest absolute Gasteiger partial charge is 0.353 e. The third-order valence-electron chi connectivity index (χ3n) is 5.46. The minimum atomic E-state index is -0.00294. The lowest BCUT2D eigenvalue weighted by Gasteiger charge is -2.26. The van der Waals surface area contributed by atoms with E-state index in [1.807, 2.05) is 4.90 Å². The van der Waals surface area contributed by atoms with Crippen molar-refractivity contribution in [3.8, 4) is 0 Å². The van der Waals surface area contributed by atoms with Crippen LogP contribution in [0.2, 0.25) is 0 Å². The topological polar surface area (TPSA) is 75.2 Å². The van der Waals surface area contributed by atoms with Crippen molar-refractivity contribution in [1.29, 1.82) is 0 Å². The number of carbonyl (C=O) groups excluding carboxylic acids is 2. The van der Waals surface area contributed by atoms with E-state index in [0.29, 0.717) is 18.2 Å². The number of likely N-dealkylation sites (tertiary alicyclic amines) is 1. The Morgan fingerprint density at radius 2 is 2.18 bits per heavy atom. The number of aromatic nitrogens is 2. The first-order valence-electron chi connectivity index (χ1n) is 8.04. The Morgan fingerprint density at radius 3 is 2.86 bits per heavy atom. The summed E-state index contributed by atoms with van der Waals surface area (Å²) < 4.78 is 0. The SMILES string of the molecule is O=C(NC1CCC1)[C@@H]1C[C@@]12CCN(C(=O)c1ccnnc1)C2. The third-order valence-corrected chi connectivity index (χ3v) is 5.46. The molecule has 0 radical (unpaired) electrons. The van der Waals surface area contributed by atoms with Crippen LogP contribution in [0.25, 0.3) is 0 Å². The fraction of sp³-hybridized carbons (Fsp3) is 0.625. The normalized spacial score (nSPS) is 30.2. The highest BCUT2D eigenvalue weighted by Gasteiger charge is 2.61. The second kappa shape index (κ2) is 5.04. The second-order valence-electron chi connectivity index (χ2n) is 6.86. The van der Waals surface area contributed by atoms with Gasteiger partial charge >= 0.3 is 0 Å². The van der Waals surface area contributed by atoms with Crippen molar-refractivity contribution in [1.82, 2.24) is 20.4 Å². The van der Waals surface area contributed by atoms with Gasteiger partial charge in [0, 0.05) is 30.5 Å². The van der Waals surface area contributed by atoms with Gasteiger partial charge in [-0.25, -0.2) is 0 Å². The maximum absolute atomic E-state index is 12.4. The van der Waals surface area contributed by atoms with Crippen LogP contribution in [-0.2, 0) is 4.79 Å². The zero-order valence-corrected chi connectivity index (χ0v) is 12.5. The van der Waals surface area contributed by atoms with E-state index in [4.69, 9.17) is 0 Å². The molecule has 2 saturated carbocycles. The molecule has 0 bridgehead atoms. The molecule has 22 heavy (non-hydrogen) atoms. The molecule has 2 amide bonds. The Balaban J connectivity index is 1.37. The molecule has 0 unspecified atom stereocenters. The summed E-state index contributed by atoms with van der Waals surface area (Å²) in [4.78, 5) is 26.6. The molecule has 1 saturated heterocycles. The van der Waals surface area contributed by atoms with Gasteiger partial charge in [0.1, 0.15) is 0 Å². The summed E-state index contributed by atoms with van der Waals surface area (Å²) in [6.07, 6.45) is 8.34. The standard InChI is InChI=1S/C16H20N4O2/c21-14(19-12-2-1-3-12)13-8-16(13)5-7-20(10-16)15(22)11-4-6-17-18-9-11/h4,6,9,12-13H,1-3,5,7-8,10H2,(H,19,21)/t13-,16+/m0/s1. The molecular weight excluding hydrogens is 280 g/mol. The quantitative estimate of drug-likeness (QED) is 0.903. The summed E-state index contributed by atoms with van der Waals surface area (Å²) in [5.74, 6) is 0.294. The van der Waals surface area contributed by atoms with Crippen molar-refractivity contribution < 1.29 is 9.59 Å². The lowest BCUT2D eigenvalue weighted by Crippen LogP contribution is -2.41. The van der Waals surface area contributed by atoms with Gasteiger partial charge in [-0.3, -0.25) is 9.59 Å². The fourth-order valence-electron chi connectivity index (χ4n) is 3.69. The zero-order valence-electron chi connectivity index (χ0n) is 12.5. The van der Waals surface area contributed by atoms with Crippen molar-refractivity contribution >= 4 is 11.8 Å². The highest BCUT2D eigenvalue weighted by Crippen LogP contribution is 2.58. The fourth-order valence-corrected chi connectivity index (χ4v) is 3.69. The molecule has 1 aliphatic heterocycles. The smallest absolute Gasteiger partial charge is 0.255 e. The number of rotatable bonds is 3. The molecule has 6 nitrogen and oxygen atoms in total. The number of hydrogen-bond donors (Lipinski definition) is 1. The molecule has 116 valence electrons. The Bertz CT molecular complexity index is 601. The molecule has 2 aliphatic carbocycles. The van der Waals surface area contributed by atoms with Gasteiger partial charge in [0.15, 0.2) is 0 Å². The summed E-state index contributed by atoms with van der Waals surface area (Å²) in [5.41, 5.74) is 0.604. The van der Waals surface area contributed by atoms with Crippen molar-refractivity contribution in [2.24, 2.45) is 11.3 Å². The van der Waals surface area contributed by atoms with Gasteiger partial charge in [-0.2, -0.15) is 10.2 Å². The van der Waals surface area contributed by atoms with Gasteiger partial charge in [0.05, 0.1) is 18.0 Å². The number of amides is 2. The second-order valence-corrected chi connectivity index (χ2v) is 6.86. The summed E-state index contributed by atoms with van der Waals surface area (Å²) in [6, 6.07) is 2.08. The molecule has 2 atom stereocenters. The first-order chi connectivity index (χ1) is 10.7. The average Bonchev–Trinajstić information content (AvgIpc) is 3.04. The van der Waals surface area contributed by atoms with Gasteiger partial charge in [0.25, 0.3) is 5.91 Å². The van der Waals surface area contributed by atoms with Crippen molar-refractivity contribution in [2.75, 3.05) is 13.1 Å². The molecule has 1 aromatic heterocycles. The van der Waals surface area contributed by atoms with E-state index in [9.17, 15) is 9.59 Å². The number of nitrogens with zero attached hydrogens (tertiary/aromatic N) is 3. The third kappa shape index (κ3) is 2.26. The van der Waals surface area contributed by atoms with Crippen LogP contribution in [0.1, 0.15) is 42.5 Å². The van der Waals surface area contributed by atoms with Crippen LogP contribution in [-0.4, -0.2) is 46.0 Å². The van der Waals surface area contributed by atoms with Crippen LogP contribution in [0, 0.1) is 11.3 Å². The van der Waals surface area contributed by atoms with Crippen LogP contribution < -0.4 is 5.32 Å².